The van der Waals surface area contributed by atoms with E-state index >= 15 is 0 Å². The number of para-hydroxylation sites is 1. The second kappa shape index (κ2) is 13.5. The molecule has 1 aliphatic rings. The first-order valence-corrected chi connectivity index (χ1v) is 13.5. The highest BCUT2D eigenvalue weighted by atomic mass is 32.2. The minimum absolute atomic E-state index is 0.0760. The van der Waals surface area contributed by atoms with Gasteiger partial charge in [0.05, 0.1) is 12.2 Å². The number of rotatable bonds is 9. The first-order chi connectivity index (χ1) is 18.5. The largest absolute Gasteiger partial charge is 0.446 e. The predicted molar refractivity (Wildman–Crippen MR) is 146 cm³/mol. The number of likely N-dealkylation sites (tertiary alicyclic amines) is 1. The van der Waals surface area contributed by atoms with E-state index in [0.717, 1.165) is 29.8 Å². The van der Waals surface area contributed by atoms with Gasteiger partial charge in [-0.05, 0) is 42.2 Å². The van der Waals surface area contributed by atoms with Crippen molar-refractivity contribution in [3.63, 3.8) is 0 Å². The first kappa shape index (κ1) is 27.0. The van der Waals surface area contributed by atoms with E-state index in [4.69, 9.17) is 4.74 Å². The van der Waals surface area contributed by atoms with Crippen LogP contribution in [0, 0.1) is 0 Å². The topological polar surface area (TPSA) is 117 Å². The highest BCUT2D eigenvalue weighted by molar-refractivity contribution is 7.61. The summed E-state index contributed by atoms with van der Waals surface area (Å²) in [6.07, 6.45) is 1.11. The lowest BCUT2D eigenvalue weighted by Crippen LogP contribution is -2.39. The molecule has 198 valence electrons. The summed E-state index contributed by atoms with van der Waals surface area (Å²) >= 11 is 0. The Labute approximate surface area is 223 Å². The second-order valence-electron chi connectivity index (χ2n) is 8.98. The summed E-state index contributed by atoms with van der Waals surface area (Å²) in [5.74, 6) is -0.0991. The molecule has 4 rings (SSSR count). The van der Waals surface area contributed by atoms with E-state index in [9.17, 15) is 18.0 Å². The van der Waals surface area contributed by atoms with Gasteiger partial charge in [0.25, 0.3) is 0 Å². The van der Waals surface area contributed by atoms with E-state index in [0.29, 0.717) is 37.2 Å². The molecule has 0 bridgehead atoms. The van der Waals surface area contributed by atoms with Gasteiger partial charge in [0.15, 0.2) is 0 Å². The van der Waals surface area contributed by atoms with Gasteiger partial charge in [-0.15, -0.1) is 0 Å². The molecule has 0 aliphatic carbocycles. The summed E-state index contributed by atoms with van der Waals surface area (Å²) < 4.78 is 30.1. The number of carbonyl (C=O) groups excluding carboxylic acids is 2. The minimum Gasteiger partial charge on any atom is -0.446 e. The van der Waals surface area contributed by atoms with Crippen LogP contribution in [-0.4, -0.2) is 51.1 Å². The molecule has 0 atom stereocenters. The minimum atomic E-state index is -2.43. The lowest BCUT2D eigenvalue weighted by molar-refractivity contribution is -0.116. The number of hydrogen-bond donors (Lipinski definition) is 2. The average molecular weight is 535 g/mol. The summed E-state index contributed by atoms with van der Waals surface area (Å²) in [5, 5.41) is 5.74. The average Bonchev–Trinajstić information content (AvgIpc) is 2.93. The lowest BCUT2D eigenvalue weighted by Gasteiger charge is -2.31. The maximum atomic E-state index is 12.6. The van der Waals surface area contributed by atoms with Crippen molar-refractivity contribution in [2.24, 2.45) is 4.36 Å². The Morgan fingerprint density at radius 1 is 0.895 bits per heavy atom. The van der Waals surface area contributed by atoms with E-state index in [2.05, 4.69) is 19.9 Å². The van der Waals surface area contributed by atoms with E-state index in [-0.39, 0.29) is 18.6 Å². The molecule has 1 saturated heterocycles. The van der Waals surface area contributed by atoms with Gasteiger partial charge >= 0.3 is 16.6 Å². The molecule has 3 aromatic rings. The quantitative estimate of drug-likeness (QED) is 0.401. The van der Waals surface area contributed by atoms with Crippen LogP contribution in [-0.2, 0) is 26.6 Å². The summed E-state index contributed by atoms with van der Waals surface area (Å²) in [6, 6.07) is 24.4. The zero-order valence-electron chi connectivity index (χ0n) is 20.9. The maximum absolute atomic E-state index is 12.6. The number of nitrogens with one attached hydrogen (secondary N) is 2. The van der Waals surface area contributed by atoms with Gasteiger partial charge < -0.3 is 15.0 Å². The van der Waals surface area contributed by atoms with Crippen LogP contribution < -0.4 is 10.6 Å². The van der Waals surface area contributed by atoms with Crippen molar-refractivity contribution in [2.75, 3.05) is 30.3 Å². The van der Waals surface area contributed by atoms with Crippen molar-refractivity contribution in [3.05, 3.63) is 84.4 Å². The predicted octanol–water partition coefficient (Wildman–Crippen LogP) is 4.96. The molecule has 0 spiro atoms. The van der Waals surface area contributed by atoms with Gasteiger partial charge in [-0.2, -0.15) is 12.8 Å². The molecule has 1 heterocycles. The molecule has 2 N–H and O–H groups in total. The molecular weight excluding hydrogens is 504 g/mol. The van der Waals surface area contributed by atoms with Gasteiger partial charge in [0.1, 0.15) is 6.10 Å². The number of hydrogen-bond acceptors (Lipinski definition) is 7. The van der Waals surface area contributed by atoms with Crippen molar-refractivity contribution in [1.29, 1.82) is 0 Å². The normalized spacial score (nSPS) is 13.9. The zero-order chi connectivity index (χ0) is 26.7. The monoisotopic (exact) mass is 534 g/mol. The number of piperidine rings is 1. The van der Waals surface area contributed by atoms with Gasteiger partial charge in [-0.1, -0.05) is 60.7 Å². The van der Waals surface area contributed by atoms with Crippen LogP contribution >= 0.6 is 0 Å². The van der Waals surface area contributed by atoms with Crippen LogP contribution in [0.2, 0.25) is 0 Å². The summed E-state index contributed by atoms with van der Waals surface area (Å²) in [4.78, 5) is 27.1. The first-order valence-electron chi connectivity index (χ1n) is 12.5. The molecule has 1 aliphatic heterocycles. The molecule has 0 unspecified atom stereocenters. The number of ether oxygens (including phenoxy) is 1. The standard InChI is InChI=1S/C28H30N4O5S/c33-27(30-23-12-10-21(11-13-23)20-29-38(35)36)16-19-32-17-14-24(15-18-32)37-28(34)31-26-9-5-4-8-25(26)22-6-2-1-3-7-22/h1-13,24H,14-20H2,(H,30,33)(H,31,34). The van der Waals surface area contributed by atoms with Crippen LogP contribution in [0.4, 0.5) is 16.2 Å². The third-order valence-electron chi connectivity index (χ3n) is 6.30. The SMILES string of the molecule is O=C(CCN1CCC(OC(=O)Nc2ccccc2-c2ccccc2)CC1)Nc1ccc(CN=S(=O)=O)cc1. The molecule has 38 heavy (non-hydrogen) atoms. The van der Waals surface area contributed by atoms with E-state index in [1.165, 1.54) is 0 Å². The lowest BCUT2D eigenvalue weighted by atomic mass is 10.0. The molecule has 0 radical (unpaired) electrons. The third-order valence-corrected chi connectivity index (χ3v) is 6.64. The van der Waals surface area contributed by atoms with E-state index < -0.39 is 16.6 Å². The fourth-order valence-electron chi connectivity index (χ4n) is 4.31. The number of carbonyl (C=O) groups is 2. The molecule has 0 aromatic heterocycles. The molecule has 2 amide bonds. The van der Waals surface area contributed by atoms with Gasteiger partial charge in [0, 0.05) is 37.3 Å². The van der Waals surface area contributed by atoms with Crippen LogP contribution in [0.1, 0.15) is 24.8 Å². The van der Waals surface area contributed by atoms with Crippen molar-refractivity contribution in [2.45, 2.75) is 31.9 Å². The van der Waals surface area contributed by atoms with Gasteiger partial charge in [0.2, 0.25) is 5.91 Å². The molecular formula is C28H30N4O5S. The molecule has 9 nitrogen and oxygen atoms in total. The van der Waals surface area contributed by atoms with Crippen LogP contribution in [0.15, 0.2) is 83.2 Å². The number of anilines is 2. The molecule has 0 saturated carbocycles. The number of nitrogens with zero attached hydrogens (tertiary/aromatic N) is 2. The fourth-order valence-corrected chi connectivity index (χ4v) is 4.56. The molecule has 3 aromatic carbocycles. The van der Waals surface area contributed by atoms with Crippen molar-refractivity contribution in [3.8, 4) is 11.1 Å². The number of benzene rings is 3. The summed E-state index contributed by atoms with van der Waals surface area (Å²) in [7, 11) is -2.43. The van der Waals surface area contributed by atoms with Crippen molar-refractivity contribution >= 4 is 33.9 Å². The highest BCUT2D eigenvalue weighted by Crippen LogP contribution is 2.28. The zero-order valence-corrected chi connectivity index (χ0v) is 21.7. The Morgan fingerprint density at radius 2 is 1.58 bits per heavy atom. The second-order valence-corrected chi connectivity index (χ2v) is 9.67. The van der Waals surface area contributed by atoms with Crippen LogP contribution in [0.5, 0.6) is 0 Å². The Balaban J connectivity index is 1.17. The Bertz CT molecular complexity index is 1360. The van der Waals surface area contributed by atoms with E-state index in [1.807, 2.05) is 54.6 Å². The highest BCUT2D eigenvalue weighted by Gasteiger charge is 2.23. The van der Waals surface area contributed by atoms with Gasteiger partial charge in [-0.3, -0.25) is 10.1 Å². The van der Waals surface area contributed by atoms with Crippen molar-refractivity contribution < 1.29 is 22.7 Å². The summed E-state index contributed by atoms with van der Waals surface area (Å²) in [5.41, 5.74) is 4.04. The third kappa shape index (κ3) is 8.25. The van der Waals surface area contributed by atoms with Crippen molar-refractivity contribution in [1.82, 2.24) is 4.90 Å². The Morgan fingerprint density at radius 3 is 2.29 bits per heavy atom. The van der Waals surface area contributed by atoms with Crippen LogP contribution in [0.25, 0.3) is 11.1 Å². The molecule has 10 heteroatoms. The maximum Gasteiger partial charge on any atom is 0.411 e. The Hall–Kier alpha value is -4.02. The Kier molecular flexibility index (Phi) is 9.60. The van der Waals surface area contributed by atoms with E-state index in [1.54, 1.807) is 24.3 Å². The smallest absolute Gasteiger partial charge is 0.411 e. The fraction of sp³-hybridized carbons (Fsp3) is 0.286. The number of amides is 2. The molecule has 1 fully saturated rings. The van der Waals surface area contributed by atoms with Gasteiger partial charge in [-0.25, -0.2) is 4.79 Å². The van der Waals surface area contributed by atoms with Crippen LogP contribution in [0.3, 0.4) is 0 Å². The summed E-state index contributed by atoms with van der Waals surface area (Å²) in [6.45, 7) is 2.17.